The number of benzene rings is 3. The predicted octanol–water partition coefficient (Wildman–Crippen LogP) is 4.39. The van der Waals surface area contributed by atoms with Crippen molar-refractivity contribution in [2.24, 2.45) is 0 Å². The Morgan fingerprint density at radius 2 is 1.57 bits per heavy atom. The summed E-state index contributed by atoms with van der Waals surface area (Å²) in [6, 6.07) is 25.5. The van der Waals surface area contributed by atoms with Gasteiger partial charge in [-0.15, -0.1) is 11.8 Å². The van der Waals surface area contributed by atoms with Crippen LogP contribution in [0.25, 0.3) is 0 Å². The molecule has 0 unspecified atom stereocenters. The minimum Gasteiger partial charge on any atom is -0.340 e. The van der Waals surface area contributed by atoms with Crippen molar-refractivity contribution in [3.8, 4) is 0 Å². The highest BCUT2D eigenvalue weighted by Crippen LogP contribution is 2.19. The van der Waals surface area contributed by atoms with Crippen molar-refractivity contribution in [2.75, 3.05) is 11.6 Å². The van der Waals surface area contributed by atoms with E-state index in [-0.39, 0.29) is 11.8 Å². The zero-order chi connectivity index (χ0) is 19.8. The van der Waals surface area contributed by atoms with Crippen LogP contribution in [0.3, 0.4) is 0 Å². The number of rotatable bonds is 7. The van der Waals surface area contributed by atoms with Crippen LogP contribution in [0.2, 0.25) is 0 Å². The average Bonchev–Trinajstić information content (AvgIpc) is 2.74. The third-order valence-corrected chi connectivity index (χ3v) is 5.00. The molecule has 5 heteroatoms. The van der Waals surface area contributed by atoms with Crippen LogP contribution in [0.15, 0.2) is 89.8 Å². The van der Waals surface area contributed by atoms with Gasteiger partial charge in [0.2, 0.25) is 5.91 Å². The van der Waals surface area contributed by atoms with Gasteiger partial charge in [0.05, 0.1) is 0 Å². The minimum atomic E-state index is -0.687. The van der Waals surface area contributed by atoms with Gasteiger partial charge in [-0.2, -0.15) is 0 Å². The first-order valence-corrected chi connectivity index (χ1v) is 10.2. The molecule has 0 saturated carbocycles. The number of nitrogens with one attached hydrogen (secondary N) is 2. The molecule has 2 amide bonds. The maximum atomic E-state index is 13.0. The van der Waals surface area contributed by atoms with Gasteiger partial charge in [-0.05, 0) is 42.2 Å². The number of amides is 2. The minimum absolute atomic E-state index is 0.244. The van der Waals surface area contributed by atoms with Crippen LogP contribution >= 0.6 is 11.8 Å². The quantitative estimate of drug-likeness (QED) is 0.588. The van der Waals surface area contributed by atoms with Gasteiger partial charge in [-0.25, -0.2) is 0 Å². The van der Waals surface area contributed by atoms with Crippen LogP contribution in [0.4, 0.5) is 5.69 Å². The highest BCUT2D eigenvalue weighted by Gasteiger charge is 2.22. The fraction of sp³-hybridized carbons (Fsp3) is 0.130. The van der Waals surface area contributed by atoms with Crippen molar-refractivity contribution >= 4 is 29.3 Å². The number of anilines is 1. The van der Waals surface area contributed by atoms with Crippen molar-refractivity contribution in [3.05, 3.63) is 96.1 Å². The number of carbonyl (C=O) groups is 2. The Kier molecular flexibility index (Phi) is 6.87. The van der Waals surface area contributed by atoms with Crippen LogP contribution in [0, 0.1) is 0 Å². The lowest BCUT2D eigenvalue weighted by Gasteiger charge is -2.19. The van der Waals surface area contributed by atoms with Crippen molar-refractivity contribution in [1.29, 1.82) is 0 Å². The van der Waals surface area contributed by atoms with Gasteiger partial charge in [0, 0.05) is 22.6 Å². The fourth-order valence-corrected chi connectivity index (χ4v) is 3.28. The van der Waals surface area contributed by atoms with Crippen molar-refractivity contribution in [2.45, 2.75) is 17.4 Å². The molecule has 0 radical (unpaired) electrons. The smallest absolute Gasteiger partial charge is 0.251 e. The van der Waals surface area contributed by atoms with Gasteiger partial charge in [0.25, 0.3) is 5.91 Å². The third kappa shape index (κ3) is 5.47. The molecule has 0 aromatic heterocycles. The zero-order valence-corrected chi connectivity index (χ0v) is 16.4. The van der Waals surface area contributed by atoms with E-state index in [0.29, 0.717) is 17.7 Å². The van der Waals surface area contributed by atoms with E-state index in [2.05, 4.69) is 10.6 Å². The Bertz CT molecular complexity index is 930. The van der Waals surface area contributed by atoms with Crippen LogP contribution in [-0.2, 0) is 11.2 Å². The molecule has 28 heavy (non-hydrogen) atoms. The van der Waals surface area contributed by atoms with Crippen LogP contribution < -0.4 is 10.6 Å². The maximum Gasteiger partial charge on any atom is 0.251 e. The monoisotopic (exact) mass is 390 g/mol. The normalized spacial score (nSPS) is 11.5. The Balaban J connectivity index is 1.78. The van der Waals surface area contributed by atoms with Gasteiger partial charge >= 0.3 is 0 Å². The largest absolute Gasteiger partial charge is 0.340 e. The van der Waals surface area contributed by atoms with Crippen molar-refractivity contribution in [3.63, 3.8) is 0 Å². The highest BCUT2D eigenvalue weighted by molar-refractivity contribution is 7.98. The maximum absolute atomic E-state index is 13.0. The topological polar surface area (TPSA) is 58.2 Å². The highest BCUT2D eigenvalue weighted by atomic mass is 32.2. The molecule has 3 aromatic carbocycles. The van der Waals surface area contributed by atoms with E-state index in [1.165, 1.54) is 0 Å². The molecule has 0 bridgehead atoms. The fourth-order valence-electron chi connectivity index (χ4n) is 2.82. The summed E-state index contributed by atoms with van der Waals surface area (Å²) in [5, 5.41) is 5.80. The van der Waals surface area contributed by atoms with E-state index in [1.807, 2.05) is 66.9 Å². The summed E-state index contributed by atoms with van der Waals surface area (Å²) in [5.74, 6) is -0.513. The number of carbonyl (C=O) groups excluding carboxylic acids is 2. The van der Waals surface area contributed by atoms with E-state index >= 15 is 0 Å². The Morgan fingerprint density at radius 1 is 0.893 bits per heavy atom. The molecular formula is C23H22N2O2S. The first-order valence-electron chi connectivity index (χ1n) is 9.00. The van der Waals surface area contributed by atoms with Gasteiger partial charge in [0.1, 0.15) is 6.04 Å². The number of thioether (sulfide) groups is 1. The van der Waals surface area contributed by atoms with Crippen molar-refractivity contribution in [1.82, 2.24) is 5.32 Å². The summed E-state index contributed by atoms with van der Waals surface area (Å²) >= 11 is 1.61. The summed E-state index contributed by atoms with van der Waals surface area (Å²) in [6.07, 6.45) is 2.40. The average molecular weight is 391 g/mol. The van der Waals surface area contributed by atoms with E-state index in [0.717, 1.165) is 10.5 Å². The molecule has 2 N–H and O–H groups in total. The molecule has 0 aliphatic heterocycles. The molecule has 0 heterocycles. The van der Waals surface area contributed by atoms with Gasteiger partial charge in [-0.1, -0.05) is 54.6 Å². The van der Waals surface area contributed by atoms with Crippen LogP contribution in [0.5, 0.6) is 0 Å². The second-order valence-electron chi connectivity index (χ2n) is 6.30. The third-order valence-electron chi connectivity index (χ3n) is 4.28. The molecule has 0 spiro atoms. The lowest BCUT2D eigenvalue weighted by molar-refractivity contribution is -0.118. The number of hydrogen-bond donors (Lipinski definition) is 2. The second kappa shape index (κ2) is 9.76. The second-order valence-corrected chi connectivity index (χ2v) is 7.18. The van der Waals surface area contributed by atoms with E-state index in [9.17, 15) is 9.59 Å². The van der Waals surface area contributed by atoms with Crippen LogP contribution in [0.1, 0.15) is 15.9 Å². The molecule has 1 atom stereocenters. The molecule has 0 fully saturated rings. The Hall–Kier alpha value is -3.05. The molecule has 4 nitrogen and oxygen atoms in total. The molecule has 3 aromatic rings. The van der Waals surface area contributed by atoms with E-state index < -0.39 is 6.04 Å². The standard InChI is InChI=1S/C23H22N2O2S/c1-28-20-14-8-13-19(16-20)24-23(27)21(15-17-9-4-2-5-10-17)25-22(26)18-11-6-3-7-12-18/h2-14,16,21H,15H2,1H3,(H,24,27)(H,25,26)/t21-/m1/s1. The lowest BCUT2D eigenvalue weighted by atomic mass is 10.0. The molecule has 0 aliphatic rings. The summed E-state index contributed by atoms with van der Waals surface area (Å²) in [4.78, 5) is 26.6. The first-order chi connectivity index (χ1) is 13.7. The Morgan fingerprint density at radius 3 is 2.25 bits per heavy atom. The molecule has 142 valence electrons. The molecule has 3 rings (SSSR count). The van der Waals surface area contributed by atoms with Crippen LogP contribution in [-0.4, -0.2) is 24.1 Å². The zero-order valence-electron chi connectivity index (χ0n) is 15.6. The summed E-state index contributed by atoms with van der Waals surface area (Å²) in [7, 11) is 0. The predicted molar refractivity (Wildman–Crippen MR) is 115 cm³/mol. The van der Waals surface area contributed by atoms with E-state index in [4.69, 9.17) is 0 Å². The SMILES string of the molecule is CSc1cccc(NC(=O)[C@@H](Cc2ccccc2)NC(=O)c2ccccc2)c1. The number of hydrogen-bond acceptors (Lipinski definition) is 3. The summed E-state index contributed by atoms with van der Waals surface area (Å²) in [5.41, 5.74) is 2.22. The molecular weight excluding hydrogens is 368 g/mol. The van der Waals surface area contributed by atoms with E-state index in [1.54, 1.807) is 36.0 Å². The van der Waals surface area contributed by atoms with Gasteiger partial charge in [0.15, 0.2) is 0 Å². The molecule has 0 saturated heterocycles. The summed E-state index contributed by atoms with van der Waals surface area (Å²) in [6.45, 7) is 0. The Labute approximate surface area is 169 Å². The van der Waals surface area contributed by atoms with Crippen molar-refractivity contribution < 1.29 is 9.59 Å². The van der Waals surface area contributed by atoms with Gasteiger partial charge < -0.3 is 10.6 Å². The molecule has 0 aliphatic carbocycles. The van der Waals surface area contributed by atoms with Gasteiger partial charge in [-0.3, -0.25) is 9.59 Å². The summed E-state index contributed by atoms with van der Waals surface area (Å²) < 4.78 is 0. The lowest BCUT2D eigenvalue weighted by Crippen LogP contribution is -2.45. The first kappa shape index (κ1) is 19.7.